The second-order valence-electron chi connectivity index (χ2n) is 7.66. The summed E-state index contributed by atoms with van der Waals surface area (Å²) in [5.74, 6) is -0.460. The normalized spacial score (nSPS) is 14.8. The first-order chi connectivity index (χ1) is 16.8. The van der Waals surface area contributed by atoms with Crippen molar-refractivity contribution >= 4 is 68.1 Å². The second kappa shape index (κ2) is 10.6. The Bertz CT molecular complexity index is 1370. The standard InChI is InChI=1S/C26H20BrIN2O5/c1-15-7-3-6-10-21(15)30-25(32)18(24(31)29-26(30)33)11-16-12-20(28)23(22(13-16)34-2)35-14-17-8-4-5-9-19(17)27/h3-13H,14H2,1-2H3,(H,29,31,33)/b18-11+. The molecule has 0 saturated carbocycles. The monoisotopic (exact) mass is 646 g/mol. The topological polar surface area (TPSA) is 84.9 Å². The lowest BCUT2D eigenvalue weighted by Gasteiger charge is -2.27. The van der Waals surface area contributed by atoms with Crippen LogP contribution in [0.1, 0.15) is 16.7 Å². The highest BCUT2D eigenvalue weighted by Crippen LogP contribution is 2.36. The Kier molecular flexibility index (Phi) is 7.56. The van der Waals surface area contributed by atoms with Crippen molar-refractivity contribution < 1.29 is 23.9 Å². The number of hydrogen-bond acceptors (Lipinski definition) is 5. The lowest BCUT2D eigenvalue weighted by Crippen LogP contribution is -2.54. The number of urea groups is 1. The average Bonchev–Trinajstić information content (AvgIpc) is 2.83. The van der Waals surface area contributed by atoms with Crippen LogP contribution in [0.25, 0.3) is 6.08 Å². The number of nitrogens with one attached hydrogen (secondary N) is 1. The molecule has 0 aliphatic carbocycles. The predicted molar refractivity (Wildman–Crippen MR) is 144 cm³/mol. The van der Waals surface area contributed by atoms with Gasteiger partial charge in [0, 0.05) is 10.0 Å². The summed E-state index contributed by atoms with van der Waals surface area (Å²) < 4.78 is 13.2. The number of anilines is 1. The molecule has 1 heterocycles. The van der Waals surface area contributed by atoms with Crippen molar-refractivity contribution in [1.82, 2.24) is 5.32 Å². The minimum Gasteiger partial charge on any atom is -0.493 e. The number of benzene rings is 3. The van der Waals surface area contributed by atoms with Gasteiger partial charge < -0.3 is 9.47 Å². The molecule has 3 aromatic rings. The molecule has 7 nitrogen and oxygen atoms in total. The highest BCUT2D eigenvalue weighted by Gasteiger charge is 2.37. The minimum atomic E-state index is -0.783. The van der Waals surface area contributed by atoms with E-state index in [0.717, 1.165) is 24.1 Å². The van der Waals surface area contributed by atoms with Crippen LogP contribution in [0, 0.1) is 10.5 Å². The molecule has 4 rings (SSSR count). The number of nitrogens with zero attached hydrogens (tertiary/aromatic N) is 1. The number of methoxy groups -OCH3 is 1. The number of carbonyl (C=O) groups excluding carboxylic acids is 3. The fraction of sp³-hybridized carbons (Fsp3) is 0.115. The van der Waals surface area contributed by atoms with Crippen molar-refractivity contribution in [1.29, 1.82) is 0 Å². The molecule has 0 radical (unpaired) electrons. The summed E-state index contributed by atoms with van der Waals surface area (Å²) in [6, 6.07) is 17.4. The van der Waals surface area contributed by atoms with Gasteiger partial charge in [0.25, 0.3) is 11.8 Å². The van der Waals surface area contributed by atoms with E-state index in [0.29, 0.717) is 29.4 Å². The van der Waals surface area contributed by atoms with Crippen LogP contribution in [-0.4, -0.2) is 25.0 Å². The summed E-state index contributed by atoms with van der Waals surface area (Å²) >= 11 is 5.63. The third-order valence-corrected chi connectivity index (χ3v) is 6.93. The molecule has 35 heavy (non-hydrogen) atoms. The van der Waals surface area contributed by atoms with Gasteiger partial charge in [0.05, 0.1) is 16.4 Å². The van der Waals surface area contributed by atoms with Gasteiger partial charge in [0.2, 0.25) is 0 Å². The first-order valence-corrected chi connectivity index (χ1v) is 12.4. The Morgan fingerprint density at radius 2 is 1.77 bits per heavy atom. The highest BCUT2D eigenvalue weighted by atomic mass is 127. The Balaban J connectivity index is 1.66. The molecule has 0 unspecified atom stereocenters. The Morgan fingerprint density at radius 3 is 2.49 bits per heavy atom. The highest BCUT2D eigenvalue weighted by molar-refractivity contribution is 14.1. The molecule has 1 aliphatic rings. The van der Waals surface area contributed by atoms with Crippen LogP contribution < -0.4 is 19.7 Å². The molecule has 0 spiro atoms. The third kappa shape index (κ3) is 5.25. The number of rotatable bonds is 6. The van der Waals surface area contributed by atoms with Gasteiger partial charge in [-0.1, -0.05) is 52.3 Å². The summed E-state index contributed by atoms with van der Waals surface area (Å²) in [4.78, 5) is 39.2. The molecule has 9 heteroatoms. The molecule has 1 N–H and O–H groups in total. The van der Waals surface area contributed by atoms with Crippen LogP contribution in [-0.2, 0) is 16.2 Å². The van der Waals surface area contributed by atoms with Crippen LogP contribution in [0.5, 0.6) is 11.5 Å². The second-order valence-corrected chi connectivity index (χ2v) is 9.68. The van der Waals surface area contributed by atoms with Gasteiger partial charge in [0.15, 0.2) is 11.5 Å². The van der Waals surface area contributed by atoms with Crippen molar-refractivity contribution in [3.05, 3.63) is 91.0 Å². The van der Waals surface area contributed by atoms with E-state index in [-0.39, 0.29) is 5.57 Å². The summed E-state index contributed by atoms with van der Waals surface area (Å²) in [5.41, 5.74) is 2.51. The van der Waals surface area contributed by atoms with Gasteiger partial charge in [-0.3, -0.25) is 14.9 Å². The van der Waals surface area contributed by atoms with E-state index in [1.807, 2.05) is 24.3 Å². The number of halogens is 2. The number of carbonyl (C=O) groups is 3. The number of imide groups is 2. The number of hydrogen-bond donors (Lipinski definition) is 1. The summed E-state index contributed by atoms with van der Waals surface area (Å²) in [6.45, 7) is 2.11. The fourth-order valence-electron chi connectivity index (χ4n) is 3.59. The van der Waals surface area contributed by atoms with E-state index < -0.39 is 17.8 Å². The van der Waals surface area contributed by atoms with Crippen molar-refractivity contribution in [3.63, 3.8) is 0 Å². The van der Waals surface area contributed by atoms with Crippen LogP contribution in [0.2, 0.25) is 0 Å². The maximum atomic E-state index is 13.2. The first kappa shape index (κ1) is 24.9. The number of aryl methyl sites for hydroxylation is 1. The fourth-order valence-corrected chi connectivity index (χ4v) is 4.77. The molecule has 1 aliphatic heterocycles. The average molecular weight is 647 g/mol. The quantitative estimate of drug-likeness (QED) is 0.214. The smallest absolute Gasteiger partial charge is 0.335 e. The lowest BCUT2D eigenvalue weighted by molar-refractivity contribution is -0.122. The summed E-state index contributed by atoms with van der Waals surface area (Å²) in [6.07, 6.45) is 1.44. The van der Waals surface area contributed by atoms with Gasteiger partial charge in [-0.25, -0.2) is 9.69 Å². The van der Waals surface area contributed by atoms with Gasteiger partial charge >= 0.3 is 6.03 Å². The molecule has 1 fully saturated rings. The van der Waals surface area contributed by atoms with E-state index in [1.165, 1.54) is 13.2 Å². The van der Waals surface area contributed by atoms with Crippen molar-refractivity contribution in [2.75, 3.05) is 12.0 Å². The molecule has 178 valence electrons. The number of para-hydroxylation sites is 1. The summed E-state index contributed by atoms with van der Waals surface area (Å²) in [7, 11) is 1.52. The van der Waals surface area contributed by atoms with E-state index >= 15 is 0 Å². The van der Waals surface area contributed by atoms with Crippen LogP contribution in [0.4, 0.5) is 10.5 Å². The van der Waals surface area contributed by atoms with E-state index in [4.69, 9.17) is 9.47 Å². The Morgan fingerprint density at radius 1 is 1.06 bits per heavy atom. The molecular formula is C26H20BrIN2O5. The van der Waals surface area contributed by atoms with Gasteiger partial charge in [-0.15, -0.1) is 0 Å². The first-order valence-electron chi connectivity index (χ1n) is 10.5. The Hall–Kier alpha value is -3.18. The molecule has 0 atom stereocenters. The number of amides is 4. The minimum absolute atomic E-state index is 0.160. The van der Waals surface area contributed by atoms with Gasteiger partial charge in [0.1, 0.15) is 12.2 Å². The zero-order chi connectivity index (χ0) is 25.1. The molecular weight excluding hydrogens is 627 g/mol. The van der Waals surface area contributed by atoms with E-state index in [2.05, 4.69) is 43.8 Å². The largest absolute Gasteiger partial charge is 0.493 e. The van der Waals surface area contributed by atoms with E-state index in [1.54, 1.807) is 43.3 Å². The zero-order valence-corrected chi connectivity index (χ0v) is 22.5. The predicted octanol–water partition coefficient (Wildman–Crippen LogP) is 5.62. The lowest BCUT2D eigenvalue weighted by atomic mass is 10.1. The molecule has 4 amide bonds. The maximum absolute atomic E-state index is 13.2. The van der Waals surface area contributed by atoms with Gasteiger partial charge in [-0.2, -0.15) is 0 Å². The van der Waals surface area contributed by atoms with Crippen molar-refractivity contribution in [3.8, 4) is 11.5 Å². The van der Waals surface area contributed by atoms with Crippen LogP contribution in [0.3, 0.4) is 0 Å². The van der Waals surface area contributed by atoms with Crippen LogP contribution >= 0.6 is 38.5 Å². The van der Waals surface area contributed by atoms with Crippen molar-refractivity contribution in [2.45, 2.75) is 13.5 Å². The summed E-state index contributed by atoms with van der Waals surface area (Å²) in [5, 5.41) is 2.25. The number of ether oxygens (including phenoxy) is 2. The SMILES string of the molecule is COc1cc(/C=C2\C(=O)NC(=O)N(c3ccccc3C)C2=O)cc(I)c1OCc1ccccc1Br. The molecule has 0 aromatic heterocycles. The number of barbiturate groups is 1. The van der Waals surface area contributed by atoms with Crippen molar-refractivity contribution in [2.24, 2.45) is 0 Å². The van der Waals surface area contributed by atoms with E-state index in [9.17, 15) is 14.4 Å². The zero-order valence-electron chi connectivity index (χ0n) is 18.8. The molecule has 3 aromatic carbocycles. The molecule has 1 saturated heterocycles. The maximum Gasteiger partial charge on any atom is 0.335 e. The third-order valence-electron chi connectivity index (χ3n) is 5.35. The van der Waals surface area contributed by atoms with Crippen LogP contribution in [0.15, 0.2) is 70.7 Å². The van der Waals surface area contributed by atoms with Gasteiger partial charge in [-0.05, 0) is 71.0 Å². The molecule has 0 bridgehead atoms. The Labute approximate surface area is 224 Å².